The summed E-state index contributed by atoms with van der Waals surface area (Å²) in [7, 11) is 3.94. The molecule has 0 saturated carbocycles. The van der Waals surface area contributed by atoms with Gasteiger partial charge in [0.1, 0.15) is 0 Å². The summed E-state index contributed by atoms with van der Waals surface area (Å²) in [6, 6.07) is 12.3. The monoisotopic (exact) mass is 371 g/mol. The highest BCUT2D eigenvalue weighted by molar-refractivity contribution is 5.95. The molecule has 7 heteroatoms. The van der Waals surface area contributed by atoms with Crippen LogP contribution in [-0.4, -0.2) is 43.0 Å². The maximum Gasteiger partial charge on any atom is 0.311 e. The minimum atomic E-state index is -0.530. The Bertz CT molecular complexity index is 803. The Morgan fingerprint density at radius 3 is 2.30 bits per heavy atom. The Balaban J connectivity index is 2.23. The highest BCUT2D eigenvalue weighted by Crippen LogP contribution is 2.28. The topological polar surface area (TPSA) is 75.9 Å². The molecule has 7 nitrogen and oxygen atoms in total. The number of ether oxygens (including phenoxy) is 1. The number of hydrogen-bond donors (Lipinski definition) is 0. The van der Waals surface area contributed by atoms with E-state index in [4.69, 9.17) is 4.74 Å². The highest BCUT2D eigenvalue weighted by Gasteiger charge is 2.21. The first-order valence-corrected chi connectivity index (χ1v) is 8.84. The van der Waals surface area contributed by atoms with Gasteiger partial charge in [-0.15, -0.1) is 0 Å². The zero-order chi connectivity index (χ0) is 20.0. The Kier molecular flexibility index (Phi) is 6.76. The van der Waals surface area contributed by atoms with Gasteiger partial charge in [0.15, 0.2) is 5.75 Å². The van der Waals surface area contributed by atoms with Crippen molar-refractivity contribution >= 4 is 17.3 Å². The minimum Gasteiger partial charge on any atom is -0.487 e. The molecule has 0 fully saturated rings. The van der Waals surface area contributed by atoms with Crippen LogP contribution in [0.25, 0.3) is 0 Å². The molecule has 2 rings (SSSR count). The number of nitrogens with zero attached hydrogens (tertiary/aromatic N) is 3. The van der Waals surface area contributed by atoms with Crippen LogP contribution in [0.15, 0.2) is 42.5 Å². The van der Waals surface area contributed by atoms with Gasteiger partial charge in [-0.1, -0.05) is 12.1 Å². The van der Waals surface area contributed by atoms with Crippen LogP contribution < -0.4 is 9.64 Å². The van der Waals surface area contributed by atoms with Crippen molar-refractivity contribution in [2.45, 2.75) is 20.4 Å². The van der Waals surface area contributed by atoms with E-state index >= 15 is 0 Å². The third-order valence-corrected chi connectivity index (χ3v) is 4.20. The molecule has 0 aliphatic heterocycles. The number of benzene rings is 2. The van der Waals surface area contributed by atoms with Gasteiger partial charge in [0.25, 0.3) is 5.91 Å². The van der Waals surface area contributed by atoms with Crippen LogP contribution in [0.4, 0.5) is 11.4 Å². The first-order chi connectivity index (χ1) is 12.9. The van der Waals surface area contributed by atoms with Crippen LogP contribution in [0.1, 0.15) is 29.8 Å². The van der Waals surface area contributed by atoms with Crippen LogP contribution in [0.2, 0.25) is 0 Å². The molecular formula is C20H25N3O4. The van der Waals surface area contributed by atoms with Gasteiger partial charge in [-0.2, -0.15) is 0 Å². The molecule has 2 aromatic rings. The molecular weight excluding hydrogens is 346 g/mol. The van der Waals surface area contributed by atoms with Gasteiger partial charge < -0.3 is 14.5 Å². The first-order valence-electron chi connectivity index (χ1n) is 8.84. The summed E-state index contributed by atoms with van der Waals surface area (Å²) in [4.78, 5) is 27.3. The molecule has 0 aliphatic rings. The highest BCUT2D eigenvalue weighted by atomic mass is 16.6. The molecule has 0 saturated heterocycles. The van der Waals surface area contributed by atoms with E-state index in [1.54, 1.807) is 17.9 Å². The summed E-state index contributed by atoms with van der Waals surface area (Å²) in [5, 5.41) is 11.3. The van der Waals surface area contributed by atoms with Gasteiger partial charge in [-0.05, 0) is 43.7 Å². The number of amides is 1. The largest absolute Gasteiger partial charge is 0.487 e. The van der Waals surface area contributed by atoms with Crippen molar-refractivity contribution in [1.29, 1.82) is 0 Å². The van der Waals surface area contributed by atoms with E-state index in [0.29, 0.717) is 19.7 Å². The third-order valence-electron chi connectivity index (χ3n) is 4.20. The molecule has 0 radical (unpaired) electrons. The lowest BCUT2D eigenvalue weighted by Crippen LogP contribution is -2.30. The van der Waals surface area contributed by atoms with Crippen molar-refractivity contribution in [1.82, 2.24) is 4.90 Å². The number of rotatable bonds is 8. The van der Waals surface area contributed by atoms with Crippen LogP contribution in [0, 0.1) is 10.1 Å². The minimum absolute atomic E-state index is 0.168. The fraction of sp³-hybridized carbons (Fsp3) is 0.350. The van der Waals surface area contributed by atoms with Gasteiger partial charge in [0, 0.05) is 44.5 Å². The van der Waals surface area contributed by atoms with Crippen molar-refractivity contribution in [2.24, 2.45) is 0 Å². The smallest absolute Gasteiger partial charge is 0.311 e. The first kappa shape index (κ1) is 20.2. The molecule has 0 bridgehead atoms. The van der Waals surface area contributed by atoms with Crippen molar-refractivity contribution in [3.05, 3.63) is 63.7 Å². The predicted octanol–water partition coefficient (Wildman–Crippen LogP) is 3.72. The van der Waals surface area contributed by atoms with E-state index in [9.17, 15) is 14.9 Å². The van der Waals surface area contributed by atoms with E-state index in [1.807, 2.05) is 50.2 Å². The quantitative estimate of drug-likeness (QED) is 0.522. The fourth-order valence-electron chi connectivity index (χ4n) is 2.70. The summed E-state index contributed by atoms with van der Waals surface area (Å²) in [5.41, 5.74) is 2.15. The van der Waals surface area contributed by atoms with Crippen LogP contribution in [0.5, 0.6) is 5.75 Å². The number of hydrogen-bond acceptors (Lipinski definition) is 5. The molecule has 0 heterocycles. The number of nitro groups is 1. The molecule has 144 valence electrons. The fourth-order valence-corrected chi connectivity index (χ4v) is 2.70. The number of nitro benzene ring substituents is 1. The van der Waals surface area contributed by atoms with Gasteiger partial charge in [0.2, 0.25) is 0 Å². The van der Waals surface area contributed by atoms with Crippen molar-refractivity contribution in [3.8, 4) is 5.75 Å². The third kappa shape index (κ3) is 4.97. The second-order valence-electron chi connectivity index (χ2n) is 6.25. The van der Waals surface area contributed by atoms with Gasteiger partial charge in [-0.3, -0.25) is 14.9 Å². The normalized spacial score (nSPS) is 10.4. The maximum atomic E-state index is 12.9. The Morgan fingerprint density at radius 2 is 1.78 bits per heavy atom. The summed E-state index contributed by atoms with van der Waals surface area (Å²) in [6.45, 7) is 4.88. The molecule has 0 aliphatic carbocycles. The summed E-state index contributed by atoms with van der Waals surface area (Å²) >= 11 is 0. The van der Waals surface area contributed by atoms with Gasteiger partial charge >= 0.3 is 5.69 Å². The van der Waals surface area contributed by atoms with Crippen LogP contribution in [0.3, 0.4) is 0 Å². The summed E-state index contributed by atoms with van der Waals surface area (Å²) in [5.74, 6) is -0.0818. The van der Waals surface area contributed by atoms with Crippen LogP contribution in [-0.2, 0) is 6.54 Å². The van der Waals surface area contributed by atoms with Gasteiger partial charge in [-0.25, -0.2) is 0 Å². The molecule has 0 unspecified atom stereocenters. The lowest BCUT2D eigenvalue weighted by atomic mass is 10.1. The molecule has 1 amide bonds. The molecule has 27 heavy (non-hydrogen) atoms. The van der Waals surface area contributed by atoms with E-state index in [0.717, 1.165) is 11.3 Å². The number of anilines is 1. The molecule has 0 spiro atoms. The molecule has 0 atom stereocenters. The lowest BCUT2D eigenvalue weighted by molar-refractivity contribution is -0.385. The Hall–Kier alpha value is -3.09. The Labute approximate surface area is 159 Å². The average Bonchev–Trinajstić information content (AvgIpc) is 2.66. The second kappa shape index (κ2) is 9.02. The molecule has 2 aromatic carbocycles. The van der Waals surface area contributed by atoms with E-state index in [-0.39, 0.29) is 22.9 Å². The summed E-state index contributed by atoms with van der Waals surface area (Å²) in [6.07, 6.45) is 0. The maximum absolute atomic E-state index is 12.9. The van der Waals surface area contributed by atoms with E-state index < -0.39 is 4.92 Å². The zero-order valence-electron chi connectivity index (χ0n) is 16.1. The van der Waals surface area contributed by atoms with Crippen LogP contribution >= 0.6 is 0 Å². The van der Waals surface area contributed by atoms with Crippen molar-refractivity contribution < 1.29 is 14.5 Å². The number of carbonyl (C=O) groups is 1. The second-order valence-corrected chi connectivity index (χ2v) is 6.25. The van der Waals surface area contributed by atoms with Crippen molar-refractivity contribution in [2.75, 3.05) is 32.1 Å². The predicted molar refractivity (Wildman–Crippen MR) is 105 cm³/mol. The van der Waals surface area contributed by atoms with Gasteiger partial charge in [0.05, 0.1) is 11.5 Å². The standard InChI is InChI=1S/C20H25N3O4/c1-5-22(14-15-7-10-17(11-8-15)21(3)4)20(24)16-9-12-19(27-6-2)18(13-16)23(25)26/h7-13H,5-6,14H2,1-4H3. The SMILES string of the molecule is CCOc1ccc(C(=O)N(CC)Cc2ccc(N(C)C)cc2)cc1[N+](=O)[O-]. The van der Waals surface area contributed by atoms with Crippen molar-refractivity contribution in [3.63, 3.8) is 0 Å². The lowest BCUT2D eigenvalue weighted by Gasteiger charge is -2.22. The molecule has 0 N–H and O–H groups in total. The van der Waals surface area contributed by atoms with E-state index in [1.165, 1.54) is 12.1 Å². The summed E-state index contributed by atoms with van der Waals surface area (Å²) < 4.78 is 5.28. The van der Waals surface area contributed by atoms with E-state index in [2.05, 4.69) is 0 Å². The molecule has 0 aromatic heterocycles. The average molecular weight is 371 g/mol. The zero-order valence-corrected chi connectivity index (χ0v) is 16.1. The number of carbonyl (C=O) groups excluding carboxylic acids is 1. The Morgan fingerprint density at radius 1 is 1.11 bits per heavy atom.